The molecule has 142 valence electrons. The first kappa shape index (κ1) is 17.9. The fraction of sp³-hybridized carbons (Fsp3) is 0.190. The molecule has 4 aromatic rings. The second kappa shape index (κ2) is 6.92. The predicted molar refractivity (Wildman–Crippen MR) is 105 cm³/mol. The molecule has 0 aliphatic carbocycles. The summed E-state index contributed by atoms with van der Waals surface area (Å²) in [5, 5.41) is 13.2. The van der Waals surface area contributed by atoms with Gasteiger partial charge in [0.15, 0.2) is 11.6 Å². The normalized spacial score (nSPS) is 12.4. The number of carboxylic acid groups (broad SMARTS) is 1. The Morgan fingerprint density at radius 1 is 1.18 bits per heavy atom. The lowest BCUT2D eigenvalue weighted by molar-refractivity contribution is 0.0697. The minimum Gasteiger partial charge on any atom is -0.478 e. The highest BCUT2D eigenvalue weighted by molar-refractivity contribution is 5.93. The third-order valence-electron chi connectivity index (χ3n) is 4.62. The number of hydrogen-bond acceptors (Lipinski definition) is 5. The Balaban J connectivity index is 1.91. The quantitative estimate of drug-likeness (QED) is 0.502. The topological polar surface area (TPSA) is 88.2 Å². The maximum Gasteiger partial charge on any atom is 0.335 e. The van der Waals surface area contributed by atoms with Crippen LogP contribution in [0.1, 0.15) is 30.6 Å². The van der Waals surface area contributed by atoms with Gasteiger partial charge in [-0.3, -0.25) is 0 Å². The van der Waals surface area contributed by atoms with Gasteiger partial charge in [0.25, 0.3) is 0 Å². The third-order valence-corrected chi connectivity index (χ3v) is 4.62. The van der Waals surface area contributed by atoms with Crippen LogP contribution in [-0.2, 0) is 0 Å². The van der Waals surface area contributed by atoms with E-state index in [9.17, 15) is 14.3 Å². The third kappa shape index (κ3) is 3.26. The number of anilines is 1. The molecule has 0 saturated heterocycles. The van der Waals surface area contributed by atoms with Crippen molar-refractivity contribution in [2.45, 2.75) is 26.3 Å². The lowest BCUT2D eigenvalue weighted by atomic mass is 10.1. The standard InChI is InChI=1S/C21H18FN3O3/c1-3-11(2)23-20-19(18-10-13-8-14(22)5-7-17(13)28-18)24-15-6-4-12(21(26)27)9-16(15)25-20/h4-11H,3H2,1-2H3,(H,23,25)(H,26,27). The van der Waals surface area contributed by atoms with Crippen LogP contribution >= 0.6 is 0 Å². The zero-order valence-corrected chi connectivity index (χ0v) is 15.4. The van der Waals surface area contributed by atoms with Gasteiger partial charge in [0, 0.05) is 11.4 Å². The summed E-state index contributed by atoms with van der Waals surface area (Å²) < 4.78 is 19.4. The molecule has 0 bridgehead atoms. The number of fused-ring (bicyclic) bond motifs is 2. The Morgan fingerprint density at radius 3 is 2.75 bits per heavy atom. The summed E-state index contributed by atoms with van der Waals surface area (Å²) in [7, 11) is 0. The Bertz CT molecular complexity index is 1200. The molecule has 1 unspecified atom stereocenters. The largest absolute Gasteiger partial charge is 0.478 e. The molecule has 7 heteroatoms. The number of benzene rings is 2. The van der Waals surface area contributed by atoms with Crippen molar-refractivity contribution >= 4 is 33.8 Å². The van der Waals surface area contributed by atoms with Crippen LogP contribution in [0.3, 0.4) is 0 Å². The van der Waals surface area contributed by atoms with E-state index in [4.69, 9.17) is 4.42 Å². The zero-order valence-electron chi connectivity index (χ0n) is 15.4. The molecule has 4 rings (SSSR count). The van der Waals surface area contributed by atoms with Gasteiger partial charge in [0.05, 0.1) is 16.6 Å². The highest BCUT2D eigenvalue weighted by Crippen LogP contribution is 2.33. The van der Waals surface area contributed by atoms with E-state index in [1.165, 1.54) is 24.3 Å². The average molecular weight is 379 g/mol. The van der Waals surface area contributed by atoms with Gasteiger partial charge in [0.1, 0.15) is 17.1 Å². The first-order valence-corrected chi connectivity index (χ1v) is 8.95. The Labute approximate surface area is 160 Å². The highest BCUT2D eigenvalue weighted by atomic mass is 19.1. The molecular weight excluding hydrogens is 361 g/mol. The minimum absolute atomic E-state index is 0.120. The maximum atomic E-state index is 13.5. The molecule has 28 heavy (non-hydrogen) atoms. The number of nitrogens with one attached hydrogen (secondary N) is 1. The van der Waals surface area contributed by atoms with E-state index >= 15 is 0 Å². The van der Waals surface area contributed by atoms with Crippen molar-refractivity contribution in [3.8, 4) is 11.5 Å². The first-order valence-electron chi connectivity index (χ1n) is 8.95. The molecule has 0 amide bonds. The van der Waals surface area contributed by atoms with E-state index in [0.29, 0.717) is 39.3 Å². The predicted octanol–water partition coefficient (Wildman–Crippen LogP) is 5.09. The lowest BCUT2D eigenvalue weighted by Crippen LogP contribution is -2.16. The van der Waals surface area contributed by atoms with Gasteiger partial charge < -0.3 is 14.8 Å². The monoisotopic (exact) mass is 379 g/mol. The van der Waals surface area contributed by atoms with Crippen LogP contribution in [0.25, 0.3) is 33.5 Å². The van der Waals surface area contributed by atoms with Crippen LogP contribution in [0.2, 0.25) is 0 Å². The molecule has 2 aromatic heterocycles. The summed E-state index contributed by atoms with van der Waals surface area (Å²) in [5.41, 5.74) is 2.20. The molecule has 1 atom stereocenters. The Hall–Kier alpha value is -3.48. The van der Waals surface area contributed by atoms with Gasteiger partial charge in [-0.15, -0.1) is 0 Å². The SMILES string of the molecule is CCC(C)Nc1nc2cc(C(=O)O)ccc2nc1-c1cc2cc(F)ccc2o1. The summed E-state index contributed by atoms with van der Waals surface area (Å²) in [6, 6.07) is 10.7. The molecule has 6 nitrogen and oxygen atoms in total. The van der Waals surface area contributed by atoms with Gasteiger partial charge >= 0.3 is 5.97 Å². The summed E-state index contributed by atoms with van der Waals surface area (Å²) in [6.07, 6.45) is 0.861. The smallest absolute Gasteiger partial charge is 0.335 e. The number of halogens is 1. The van der Waals surface area contributed by atoms with Crippen molar-refractivity contribution in [3.63, 3.8) is 0 Å². The summed E-state index contributed by atoms with van der Waals surface area (Å²) in [4.78, 5) is 20.5. The molecule has 2 N–H and O–H groups in total. The lowest BCUT2D eigenvalue weighted by Gasteiger charge is -2.15. The van der Waals surface area contributed by atoms with Crippen LogP contribution in [0.15, 0.2) is 46.9 Å². The van der Waals surface area contributed by atoms with Crippen LogP contribution in [0, 0.1) is 5.82 Å². The summed E-state index contributed by atoms with van der Waals surface area (Å²) >= 11 is 0. The van der Waals surface area contributed by atoms with Crippen LogP contribution in [0.4, 0.5) is 10.2 Å². The molecule has 0 saturated carbocycles. The number of carboxylic acids is 1. The van der Waals surface area contributed by atoms with Crippen molar-refractivity contribution < 1.29 is 18.7 Å². The van der Waals surface area contributed by atoms with Crippen molar-refractivity contribution in [1.29, 1.82) is 0 Å². The van der Waals surface area contributed by atoms with E-state index in [1.54, 1.807) is 18.2 Å². The number of nitrogens with zero attached hydrogens (tertiary/aromatic N) is 2. The number of hydrogen-bond donors (Lipinski definition) is 2. The molecule has 2 heterocycles. The van der Waals surface area contributed by atoms with Crippen LogP contribution in [-0.4, -0.2) is 27.1 Å². The molecule has 0 radical (unpaired) electrons. The van der Waals surface area contributed by atoms with Gasteiger partial charge in [-0.05, 0) is 55.8 Å². The Kier molecular flexibility index (Phi) is 4.43. The molecule has 0 aliphatic heterocycles. The summed E-state index contributed by atoms with van der Waals surface area (Å²) in [6.45, 7) is 4.05. The van der Waals surface area contributed by atoms with Gasteiger partial charge in [0.2, 0.25) is 0 Å². The fourth-order valence-corrected chi connectivity index (χ4v) is 2.93. The molecule has 0 aliphatic rings. The van der Waals surface area contributed by atoms with Crippen LogP contribution in [0.5, 0.6) is 0 Å². The second-order valence-electron chi connectivity index (χ2n) is 6.68. The number of aromatic carboxylic acids is 1. The number of furan rings is 1. The molecule has 0 fully saturated rings. The number of rotatable bonds is 5. The van der Waals surface area contributed by atoms with Gasteiger partial charge in [-0.1, -0.05) is 6.92 Å². The van der Waals surface area contributed by atoms with E-state index in [2.05, 4.69) is 15.3 Å². The van der Waals surface area contributed by atoms with E-state index < -0.39 is 5.97 Å². The minimum atomic E-state index is -1.02. The maximum absolute atomic E-state index is 13.5. The zero-order chi connectivity index (χ0) is 19.8. The summed E-state index contributed by atoms with van der Waals surface area (Å²) in [5.74, 6) is -0.417. The van der Waals surface area contributed by atoms with E-state index in [0.717, 1.165) is 6.42 Å². The van der Waals surface area contributed by atoms with E-state index in [-0.39, 0.29) is 17.4 Å². The fourth-order valence-electron chi connectivity index (χ4n) is 2.93. The van der Waals surface area contributed by atoms with Crippen LogP contribution < -0.4 is 5.32 Å². The average Bonchev–Trinajstić information content (AvgIpc) is 3.09. The highest BCUT2D eigenvalue weighted by Gasteiger charge is 2.18. The van der Waals surface area contributed by atoms with Crippen molar-refractivity contribution in [2.75, 3.05) is 5.32 Å². The van der Waals surface area contributed by atoms with Crippen molar-refractivity contribution in [3.05, 3.63) is 53.8 Å². The van der Waals surface area contributed by atoms with Crippen molar-refractivity contribution in [1.82, 2.24) is 9.97 Å². The molecular formula is C21H18FN3O3. The first-order chi connectivity index (χ1) is 13.4. The van der Waals surface area contributed by atoms with Gasteiger partial charge in [-0.25, -0.2) is 19.2 Å². The second-order valence-corrected chi connectivity index (χ2v) is 6.68. The number of carbonyl (C=O) groups is 1. The van der Waals surface area contributed by atoms with Gasteiger partial charge in [-0.2, -0.15) is 0 Å². The number of aromatic nitrogens is 2. The Morgan fingerprint density at radius 2 is 2.00 bits per heavy atom. The van der Waals surface area contributed by atoms with E-state index in [1.807, 2.05) is 13.8 Å². The van der Waals surface area contributed by atoms with Crippen molar-refractivity contribution in [2.24, 2.45) is 0 Å². The molecule has 2 aromatic carbocycles. The molecule has 0 spiro atoms.